The Kier molecular flexibility index (Phi) is 26.2. The second-order valence-electron chi connectivity index (χ2n) is 19.5. The first-order valence-electron chi connectivity index (χ1n) is 26.3. The summed E-state index contributed by atoms with van der Waals surface area (Å²) in [7, 11) is 0. The van der Waals surface area contributed by atoms with E-state index in [4.69, 9.17) is 31.1 Å². The Hall–Kier alpha value is -10.1. The molecule has 0 unspecified atom stereocenters. The van der Waals surface area contributed by atoms with Crippen molar-refractivity contribution in [3.8, 4) is 11.8 Å². The highest BCUT2D eigenvalue weighted by Crippen LogP contribution is 2.25. The molecule has 23 heteroatoms. The van der Waals surface area contributed by atoms with E-state index in [-0.39, 0.29) is 69.0 Å². The van der Waals surface area contributed by atoms with Gasteiger partial charge in [0.15, 0.2) is 5.78 Å². The summed E-state index contributed by atoms with van der Waals surface area (Å²) in [5.41, 5.74) is 10.0. The number of carbonyl (C=O) groups excluding carboxylic acids is 5. The summed E-state index contributed by atoms with van der Waals surface area (Å²) in [4.78, 5) is 94.5. The van der Waals surface area contributed by atoms with E-state index in [1.807, 2.05) is 125 Å². The average molecular weight is 1210 g/mol. The predicted octanol–water partition coefficient (Wildman–Crippen LogP) is 9.34. The number of ketones is 1. The number of imide groups is 2. The van der Waals surface area contributed by atoms with Crippen LogP contribution < -0.4 is 17.0 Å². The number of amides is 4. The van der Waals surface area contributed by atoms with Crippen molar-refractivity contribution in [1.29, 1.82) is 0 Å². The molecule has 0 bridgehead atoms. The molecule has 8 N–H and O–H groups in total. The lowest BCUT2D eigenvalue weighted by Crippen LogP contribution is -2.29. The summed E-state index contributed by atoms with van der Waals surface area (Å²) in [6, 6.07) is 46.8. The van der Waals surface area contributed by atoms with Crippen LogP contribution in [0.15, 0.2) is 172 Å². The number of hydrogen-bond donors (Lipinski definition) is 7. The summed E-state index contributed by atoms with van der Waals surface area (Å²) < 4.78 is 0.227. The first-order chi connectivity index (χ1) is 40.9. The van der Waals surface area contributed by atoms with Gasteiger partial charge in [0.25, 0.3) is 34.7 Å². The number of hydroxylamine groups is 4. The van der Waals surface area contributed by atoms with Gasteiger partial charge in [-0.2, -0.15) is 0 Å². The number of benzene rings is 6. The van der Waals surface area contributed by atoms with Crippen molar-refractivity contribution >= 4 is 47.5 Å². The van der Waals surface area contributed by atoms with Crippen molar-refractivity contribution in [3.05, 3.63) is 267 Å². The van der Waals surface area contributed by atoms with Crippen molar-refractivity contribution in [2.75, 3.05) is 0 Å². The summed E-state index contributed by atoms with van der Waals surface area (Å²) in [5, 5.41) is 59.9. The lowest BCUT2D eigenvalue weighted by atomic mass is 10.1. The maximum absolute atomic E-state index is 12.1. The van der Waals surface area contributed by atoms with E-state index in [9.17, 15) is 49.0 Å². The van der Waals surface area contributed by atoms with Crippen LogP contribution in [0.1, 0.15) is 127 Å². The Balaban J connectivity index is 0.000000230. The standard InChI is InChI=1S/C16H18N2O4.C16H13NO3.C8H9NO4.C8H5NO3.C8H11NO.C8H10O.ClH/c1-10-4-6-13(7-5-10)9-22-17-12(3)15-11(2)8-14(19)18(21)16(15)20;1-11-6-8-12(9-7-11)10-20-17-15(18)13-4-2-3-5-14(13)16(17)19;1-4-3-6(11)9(13)8(12)7(4)5(2)10;10-7-5-3-1-2-4-6(5)8(11)9(7)12;1-7-2-4-8(5-3-7)6-10-9;1-7-2-4-8(6-9)5-3-7;/h4-8,20-21H,9H2,1-3H3;2-9H,10H2,1H3;3,12-13H,1-2H3;1-4,12H;2-5H,6,9H2,1H3;2-5,9H,6H2,1H3;1H. The highest BCUT2D eigenvalue weighted by molar-refractivity contribution is 6.21. The number of fused-ring (bicyclic) bond motifs is 2. The number of pyridine rings is 2. The van der Waals surface area contributed by atoms with Crippen molar-refractivity contribution in [1.82, 2.24) is 19.6 Å². The second-order valence-corrected chi connectivity index (χ2v) is 19.5. The van der Waals surface area contributed by atoms with Gasteiger partial charge in [-0.05, 0) is 113 Å². The summed E-state index contributed by atoms with van der Waals surface area (Å²) in [6.45, 7) is 15.2. The Morgan fingerprint density at radius 2 is 0.816 bits per heavy atom. The lowest BCUT2D eigenvalue weighted by molar-refractivity contribution is -0.101. The number of aromatic hydroxyl groups is 2. The Labute approximate surface area is 506 Å². The molecule has 87 heavy (non-hydrogen) atoms. The largest absolute Gasteiger partial charge is 0.492 e. The van der Waals surface area contributed by atoms with Gasteiger partial charge < -0.3 is 30.6 Å². The Morgan fingerprint density at radius 3 is 1.18 bits per heavy atom. The van der Waals surface area contributed by atoms with Crippen LogP contribution >= 0.6 is 12.4 Å². The number of aryl methyl sites for hydroxylation is 6. The lowest BCUT2D eigenvalue weighted by Gasteiger charge is -2.13. The highest BCUT2D eigenvalue weighted by Gasteiger charge is 2.37. The molecule has 0 atom stereocenters. The van der Waals surface area contributed by atoms with Crippen LogP contribution in [-0.4, -0.2) is 85.7 Å². The molecule has 0 spiro atoms. The van der Waals surface area contributed by atoms with Crippen LogP contribution in [0.2, 0.25) is 0 Å². The van der Waals surface area contributed by atoms with Gasteiger partial charge in [0.05, 0.1) is 52.3 Å². The zero-order valence-corrected chi connectivity index (χ0v) is 49.6. The van der Waals surface area contributed by atoms with Gasteiger partial charge >= 0.3 is 0 Å². The Morgan fingerprint density at radius 1 is 0.483 bits per heavy atom. The van der Waals surface area contributed by atoms with Gasteiger partial charge in [-0.25, -0.2) is 5.90 Å². The maximum atomic E-state index is 12.1. The van der Waals surface area contributed by atoms with E-state index in [2.05, 4.69) is 9.99 Å². The molecule has 4 amide bonds. The molecule has 0 radical (unpaired) electrons. The average Bonchev–Trinajstić information content (AvgIpc) is 1.89. The molecule has 0 aliphatic carbocycles. The van der Waals surface area contributed by atoms with Crippen molar-refractivity contribution in [2.24, 2.45) is 11.1 Å². The molecular formula is C64H67ClN6O16. The molecule has 8 aromatic rings. The fraction of sp³-hybridized carbons (Fsp3) is 0.188. The fourth-order valence-corrected chi connectivity index (χ4v) is 7.98. The van der Waals surface area contributed by atoms with Gasteiger partial charge in [-0.1, -0.05) is 149 Å². The molecule has 4 heterocycles. The summed E-state index contributed by atoms with van der Waals surface area (Å²) >= 11 is 0. The SMILES string of the molecule is CC(=NOCc1ccc(C)cc1)c1c(C)cc(=O)n(O)c1O.CC(=O)c1c(C)cc(=O)n(O)c1O.Cc1ccc(CO)cc1.Cc1ccc(CON)cc1.Cc1ccc(CON2C(=O)c3ccccc3C2=O)cc1.Cl.O=C1c2ccccc2C(=O)N1O. The number of Topliss-reactive ketones (excluding diaryl/α,β-unsaturated/α-hetero) is 1. The molecule has 0 fully saturated rings. The minimum atomic E-state index is -0.764. The third kappa shape index (κ3) is 19.0. The van der Waals surface area contributed by atoms with Gasteiger partial charge in [0, 0.05) is 12.1 Å². The number of hydrogen-bond acceptors (Lipinski definition) is 18. The molecule has 22 nitrogen and oxygen atoms in total. The normalized spacial score (nSPS) is 11.8. The third-order valence-electron chi connectivity index (χ3n) is 12.7. The van der Waals surface area contributed by atoms with Crippen LogP contribution in [0.4, 0.5) is 0 Å². The van der Waals surface area contributed by atoms with Crippen LogP contribution in [0.5, 0.6) is 11.8 Å². The first-order valence-corrected chi connectivity index (χ1v) is 26.3. The molecule has 0 saturated heterocycles. The van der Waals surface area contributed by atoms with Crippen molar-refractivity contribution in [3.63, 3.8) is 0 Å². The van der Waals surface area contributed by atoms with Crippen LogP contribution in [0, 0.1) is 41.5 Å². The van der Waals surface area contributed by atoms with Gasteiger partial charge in [0.1, 0.15) is 13.2 Å². The van der Waals surface area contributed by atoms with E-state index in [1.165, 1.54) is 43.2 Å². The smallest absolute Gasteiger partial charge is 0.286 e. The van der Waals surface area contributed by atoms with Crippen LogP contribution in [0.3, 0.4) is 0 Å². The molecule has 10 rings (SSSR count). The number of aromatic nitrogens is 2. The van der Waals surface area contributed by atoms with Crippen LogP contribution in [0.25, 0.3) is 0 Å². The monoisotopic (exact) mass is 1210 g/mol. The molecule has 2 aromatic heterocycles. The number of carbonyl (C=O) groups is 5. The van der Waals surface area contributed by atoms with E-state index in [0.29, 0.717) is 34.6 Å². The minimum absolute atomic E-state index is 0. The highest BCUT2D eigenvalue weighted by atomic mass is 35.5. The number of nitrogens with zero attached hydrogens (tertiary/aromatic N) is 5. The minimum Gasteiger partial charge on any atom is -0.492 e. The maximum Gasteiger partial charge on any atom is 0.286 e. The van der Waals surface area contributed by atoms with Crippen LogP contribution in [-0.2, 0) is 40.9 Å². The zero-order chi connectivity index (χ0) is 63.4. The topological polar surface area (TPSA) is 323 Å². The third-order valence-corrected chi connectivity index (χ3v) is 12.7. The van der Waals surface area contributed by atoms with E-state index >= 15 is 0 Å². The fourth-order valence-electron chi connectivity index (χ4n) is 7.98. The zero-order valence-electron chi connectivity index (χ0n) is 48.8. The van der Waals surface area contributed by atoms with E-state index < -0.39 is 52.3 Å². The summed E-state index contributed by atoms with van der Waals surface area (Å²) in [5.74, 6) is 1.11. The van der Waals surface area contributed by atoms with Gasteiger partial charge in [0.2, 0.25) is 11.8 Å². The number of oxime groups is 1. The quantitative estimate of drug-likeness (QED) is 0.0158. The Bertz CT molecular complexity index is 3780. The second kappa shape index (κ2) is 32.8. The van der Waals surface area contributed by atoms with E-state index in [1.54, 1.807) is 50.2 Å². The molecular weight excluding hydrogens is 1140 g/mol. The molecule has 456 valence electrons. The number of rotatable bonds is 11. The van der Waals surface area contributed by atoms with Gasteiger partial charge in [-0.15, -0.1) is 32.0 Å². The number of halogens is 1. The van der Waals surface area contributed by atoms with Crippen molar-refractivity contribution in [2.45, 2.75) is 81.8 Å². The molecule has 0 saturated carbocycles. The molecule has 2 aliphatic heterocycles. The predicted molar refractivity (Wildman–Crippen MR) is 323 cm³/mol. The number of nitrogens with two attached hydrogens (primary N) is 1. The number of aliphatic hydroxyl groups excluding tert-OH is 1. The molecule has 2 aliphatic rings. The van der Waals surface area contributed by atoms with Gasteiger partial charge in [-0.3, -0.25) is 48.4 Å². The van der Waals surface area contributed by atoms with Crippen molar-refractivity contribution < 1.29 is 69.4 Å². The van der Waals surface area contributed by atoms with E-state index in [0.717, 1.165) is 44.5 Å². The number of aliphatic hydroxyl groups is 1. The first kappa shape index (κ1) is 69.4. The summed E-state index contributed by atoms with van der Waals surface area (Å²) in [6.07, 6.45) is 0. The molecule has 6 aromatic carbocycles.